The summed E-state index contributed by atoms with van der Waals surface area (Å²) in [5.74, 6) is 0.989. The topological polar surface area (TPSA) is 21.3 Å². The largest absolute Gasteiger partial charge is 0.492 e. The fraction of sp³-hybridized carbons (Fsp3) is 0.600. The van der Waals surface area contributed by atoms with Gasteiger partial charge in [0.2, 0.25) is 0 Å². The van der Waals surface area contributed by atoms with Crippen LogP contribution in [0, 0.1) is 6.92 Å². The lowest BCUT2D eigenvalue weighted by Gasteiger charge is -2.22. The van der Waals surface area contributed by atoms with Crippen LogP contribution in [0.15, 0.2) is 22.7 Å². The minimum absolute atomic E-state index is 0.716. The minimum Gasteiger partial charge on any atom is -0.492 e. The first-order valence-corrected chi connectivity index (χ1v) is 7.67. The first-order valence-electron chi connectivity index (χ1n) is 6.88. The van der Waals surface area contributed by atoms with Crippen LogP contribution >= 0.6 is 15.9 Å². The monoisotopic (exact) mass is 311 g/mol. The lowest BCUT2D eigenvalue weighted by Crippen LogP contribution is -2.34. The molecule has 2 nitrogen and oxygen atoms in total. The molecule has 0 heterocycles. The van der Waals surface area contributed by atoms with Gasteiger partial charge >= 0.3 is 0 Å². The second-order valence-corrected chi connectivity index (χ2v) is 5.96. The van der Waals surface area contributed by atoms with Crippen LogP contribution in [0.2, 0.25) is 0 Å². The van der Waals surface area contributed by atoms with Crippen molar-refractivity contribution >= 4 is 15.9 Å². The second kappa shape index (κ2) is 7.15. The summed E-state index contributed by atoms with van der Waals surface area (Å²) >= 11 is 3.46. The third-order valence-electron chi connectivity index (χ3n) is 3.53. The predicted octanol–water partition coefficient (Wildman–Crippen LogP) is 4.06. The second-order valence-electron chi connectivity index (χ2n) is 5.05. The maximum atomic E-state index is 5.80. The maximum absolute atomic E-state index is 5.80. The average Bonchev–Trinajstić information content (AvgIpc) is 2.38. The van der Waals surface area contributed by atoms with Crippen molar-refractivity contribution in [3.8, 4) is 5.75 Å². The molecular weight excluding hydrogens is 290 g/mol. The van der Waals surface area contributed by atoms with Crippen molar-refractivity contribution < 1.29 is 4.74 Å². The lowest BCUT2D eigenvalue weighted by atomic mass is 9.96. The maximum Gasteiger partial charge on any atom is 0.122 e. The summed E-state index contributed by atoms with van der Waals surface area (Å²) in [4.78, 5) is 0. The number of ether oxygens (including phenoxy) is 1. The van der Waals surface area contributed by atoms with Crippen molar-refractivity contribution in [2.24, 2.45) is 0 Å². The van der Waals surface area contributed by atoms with E-state index >= 15 is 0 Å². The van der Waals surface area contributed by atoms with E-state index in [0.29, 0.717) is 6.04 Å². The SMILES string of the molecule is Cc1cc(Br)ccc1OCCNC1CCCCC1. The minimum atomic E-state index is 0.716. The van der Waals surface area contributed by atoms with Gasteiger partial charge in [0, 0.05) is 17.1 Å². The molecule has 0 atom stereocenters. The summed E-state index contributed by atoms with van der Waals surface area (Å²) in [7, 11) is 0. The normalized spacial score (nSPS) is 16.8. The van der Waals surface area contributed by atoms with Crippen LogP contribution in [0.5, 0.6) is 5.75 Å². The van der Waals surface area contributed by atoms with E-state index in [9.17, 15) is 0 Å². The number of nitrogens with one attached hydrogen (secondary N) is 1. The highest BCUT2D eigenvalue weighted by Crippen LogP contribution is 2.22. The molecule has 1 aliphatic carbocycles. The van der Waals surface area contributed by atoms with Gasteiger partial charge in [-0.3, -0.25) is 0 Å². The van der Waals surface area contributed by atoms with E-state index < -0.39 is 0 Å². The Morgan fingerprint density at radius 1 is 1.28 bits per heavy atom. The lowest BCUT2D eigenvalue weighted by molar-refractivity contribution is 0.288. The molecule has 1 aromatic rings. The number of hydrogen-bond acceptors (Lipinski definition) is 2. The zero-order chi connectivity index (χ0) is 12.8. The quantitative estimate of drug-likeness (QED) is 0.828. The highest BCUT2D eigenvalue weighted by atomic mass is 79.9. The van der Waals surface area contributed by atoms with Crippen molar-refractivity contribution in [2.75, 3.05) is 13.2 Å². The molecule has 0 spiro atoms. The summed E-state index contributed by atoms with van der Waals surface area (Å²) in [6.45, 7) is 3.77. The molecule has 1 aliphatic rings. The molecule has 0 saturated heterocycles. The third kappa shape index (κ3) is 4.29. The van der Waals surface area contributed by atoms with E-state index in [1.54, 1.807) is 0 Å². The first-order chi connectivity index (χ1) is 8.75. The summed E-state index contributed by atoms with van der Waals surface area (Å²) in [6, 6.07) is 6.86. The predicted molar refractivity (Wildman–Crippen MR) is 79.2 cm³/mol. The molecule has 0 bridgehead atoms. The van der Waals surface area contributed by atoms with Crippen LogP contribution in [-0.4, -0.2) is 19.2 Å². The van der Waals surface area contributed by atoms with E-state index in [4.69, 9.17) is 4.74 Å². The van der Waals surface area contributed by atoms with Crippen LogP contribution in [-0.2, 0) is 0 Å². The molecule has 1 N–H and O–H groups in total. The standard InChI is InChI=1S/C15H22BrNO/c1-12-11-13(16)7-8-15(12)18-10-9-17-14-5-3-2-4-6-14/h7-8,11,14,17H,2-6,9-10H2,1H3. The molecule has 3 heteroatoms. The zero-order valence-electron chi connectivity index (χ0n) is 11.0. The van der Waals surface area contributed by atoms with Gasteiger partial charge in [-0.15, -0.1) is 0 Å². The molecule has 1 aromatic carbocycles. The van der Waals surface area contributed by atoms with Gasteiger partial charge in [-0.25, -0.2) is 0 Å². The van der Waals surface area contributed by atoms with Crippen molar-refractivity contribution in [3.63, 3.8) is 0 Å². The average molecular weight is 312 g/mol. The van der Waals surface area contributed by atoms with Crippen molar-refractivity contribution in [1.82, 2.24) is 5.32 Å². The van der Waals surface area contributed by atoms with Crippen LogP contribution in [0.4, 0.5) is 0 Å². The van der Waals surface area contributed by atoms with E-state index in [1.165, 1.54) is 37.7 Å². The van der Waals surface area contributed by atoms with Gasteiger partial charge in [-0.05, 0) is 43.5 Å². The molecule has 0 radical (unpaired) electrons. The first kappa shape index (κ1) is 13.9. The van der Waals surface area contributed by atoms with Gasteiger partial charge in [0.05, 0.1) is 0 Å². The van der Waals surface area contributed by atoms with E-state index in [1.807, 2.05) is 12.1 Å². The third-order valence-corrected chi connectivity index (χ3v) is 4.03. The molecule has 18 heavy (non-hydrogen) atoms. The molecule has 2 rings (SSSR count). The number of aryl methyl sites for hydroxylation is 1. The molecule has 0 amide bonds. The highest BCUT2D eigenvalue weighted by Gasteiger charge is 2.11. The number of hydrogen-bond donors (Lipinski definition) is 1. The Bertz CT molecular complexity index is 375. The van der Waals surface area contributed by atoms with E-state index in [0.717, 1.165) is 23.4 Å². The number of benzene rings is 1. The van der Waals surface area contributed by atoms with E-state index in [2.05, 4.69) is 34.2 Å². The van der Waals surface area contributed by atoms with Crippen LogP contribution in [0.25, 0.3) is 0 Å². The Morgan fingerprint density at radius 2 is 2.06 bits per heavy atom. The summed E-state index contributed by atoms with van der Waals surface area (Å²) in [5.41, 5.74) is 1.18. The van der Waals surface area contributed by atoms with Gasteiger partial charge in [-0.1, -0.05) is 35.2 Å². The summed E-state index contributed by atoms with van der Waals surface area (Å²) < 4.78 is 6.90. The van der Waals surface area contributed by atoms with Gasteiger partial charge in [-0.2, -0.15) is 0 Å². The van der Waals surface area contributed by atoms with Gasteiger partial charge in [0.1, 0.15) is 12.4 Å². The Balaban J connectivity index is 1.68. The smallest absolute Gasteiger partial charge is 0.122 e. The van der Waals surface area contributed by atoms with Crippen LogP contribution < -0.4 is 10.1 Å². The fourth-order valence-corrected chi connectivity index (χ4v) is 2.98. The molecule has 1 fully saturated rings. The van der Waals surface area contributed by atoms with Crippen molar-refractivity contribution in [3.05, 3.63) is 28.2 Å². The molecule has 100 valence electrons. The highest BCUT2D eigenvalue weighted by molar-refractivity contribution is 9.10. The summed E-state index contributed by atoms with van der Waals surface area (Å²) in [6.07, 6.45) is 6.83. The fourth-order valence-electron chi connectivity index (χ4n) is 2.51. The van der Waals surface area contributed by atoms with Gasteiger partial charge in [0.25, 0.3) is 0 Å². The Kier molecular flexibility index (Phi) is 5.51. The Morgan fingerprint density at radius 3 is 2.78 bits per heavy atom. The number of halogens is 1. The number of rotatable bonds is 5. The molecule has 0 aromatic heterocycles. The van der Waals surface area contributed by atoms with Crippen molar-refractivity contribution in [1.29, 1.82) is 0 Å². The zero-order valence-corrected chi connectivity index (χ0v) is 12.6. The van der Waals surface area contributed by atoms with Crippen molar-refractivity contribution in [2.45, 2.75) is 45.1 Å². The summed E-state index contributed by atoms with van der Waals surface area (Å²) in [5, 5.41) is 3.59. The Hall–Kier alpha value is -0.540. The Labute approximate surface area is 118 Å². The van der Waals surface area contributed by atoms with E-state index in [-0.39, 0.29) is 0 Å². The molecular formula is C15H22BrNO. The van der Waals surface area contributed by atoms with Crippen LogP contribution in [0.1, 0.15) is 37.7 Å². The van der Waals surface area contributed by atoms with Gasteiger partial charge < -0.3 is 10.1 Å². The van der Waals surface area contributed by atoms with Crippen LogP contribution in [0.3, 0.4) is 0 Å². The molecule has 1 saturated carbocycles. The van der Waals surface area contributed by atoms with Gasteiger partial charge in [0.15, 0.2) is 0 Å². The molecule has 0 aliphatic heterocycles. The molecule has 0 unspecified atom stereocenters.